The van der Waals surface area contributed by atoms with Crippen molar-refractivity contribution in [3.63, 3.8) is 0 Å². The van der Waals surface area contributed by atoms with Gasteiger partial charge in [0.25, 0.3) is 0 Å². The van der Waals surface area contributed by atoms with Crippen molar-refractivity contribution in [2.24, 2.45) is 0 Å². The van der Waals surface area contributed by atoms with Gasteiger partial charge in [-0.2, -0.15) is 0 Å². The minimum Gasteiger partial charge on any atom is -0.410 e. The minimum atomic E-state index is -1.62. The van der Waals surface area contributed by atoms with Crippen molar-refractivity contribution < 1.29 is 0 Å². The molecule has 0 amide bonds. The van der Waals surface area contributed by atoms with Crippen LogP contribution >= 0.6 is 7.92 Å². The molecule has 0 aliphatic carbocycles. The summed E-state index contributed by atoms with van der Waals surface area (Å²) in [5.41, 5.74) is 3.81. The zero-order chi connectivity index (χ0) is 24.7. The van der Waals surface area contributed by atoms with E-state index >= 15 is 0 Å². The van der Waals surface area contributed by atoms with Crippen LogP contribution in [-0.2, 0) is 0 Å². The Morgan fingerprint density at radius 3 is 0.912 bits per heavy atom. The van der Waals surface area contributed by atoms with Crippen molar-refractivity contribution in [1.82, 2.24) is 0 Å². The molecule has 7 heteroatoms. The molecule has 0 bridgehead atoms. The number of hydrogen-bond donors (Lipinski definition) is 3. The Bertz CT molecular complexity index is 867. The van der Waals surface area contributed by atoms with Crippen LogP contribution in [-0.4, -0.2) is 42.1 Å². The van der Waals surface area contributed by atoms with Crippen molar-refractivity contribution in [3.05, 3.63) is 91.0 Å². The largest absolute Gasteiger partial charge is 0.410 e. The van der Waals surface area contributed by atoms with E-state index in [0.29, 0.717) is 0 Å². The molecule has 3 N–H and O–H groups in total. The molecule has 0 saturated heterocycles. The standard InChI is InChI=1S/C27H42N3PSi3/c1-32(2,28-25-16-10-7-11-17-25)22-31(23-33(3,4)29-26-18-12-8-13-19-26)24-34(5,6)30-27-20-14-9-15-21-27/h7-21,28-30H,22-24H2,1-6H3. The first-order valence-electron chi connectivity index (χ1n) is 12.2. The molecule has 0 saturated carbocycles. The number of benzene rings is 3. The summed E-state index contributed by atoms with van der Waals surface area (Å²) in [6, 6.07) is 32.4. The fraction of sp³-hybridized carbons (Fsp3) is 0.333. The molecule has 182 valence electrons. The Hall–Kier alpha value is -1.86. The molecular formula is C27H42N3PSi3. The molecule has 0 atom stereocenters. The lowest BCUT2D eigenvalue weighted by Crippen LogP contribution is -2.49. The molecule has 0 unspecified atom stereocenters. The van der Waals surface area contributed by atoms with E-state index in [0.717, 1.165) is 0 Å². The third-order valence-corrected chi connectivity index (χ3v) is 23.4. The predicted octanol–water partition coefficient (Wildman–Crippen LogP) is 8.04. The fourth-order valence-electron chi connectivity index (χ4n) is 4.70. The molecule has 0 aromatic heterocycles. The smallest absolute Gasteiger partial charge is 0.151 e. The molecule has 0 spiro atoms. The quantitative estimate of drug-likeness (QED) is 0.166. The SMILES string of the molecule is C[Si](C)(CP(C[Si](C)(C)Nc1ccccc1)C[Si](C)(C)Nc1ccccc1)Nc1ccccc1. The third-order valence-electron chi connectivity index (χ3n) is 5.63. The van der Waals surface area contributed by atoms with Gasteiger partial charge in [0.2, 0.25) is 0 Å². The average Bonchev–Trinajstić information content (AvgIpc) is 2.73. The first kappa shape index (κ1) is 26.7. The van der Waals surface area contributed by atoms with Crippen LogP contribution in [0.4, 0.5) is 17.1 Å². The Labute approximate surface area is 211 Å². The Kier molecular flexibility index (Phi) is 9.21. The van der Waals surface area contributed by atoms with Gasteiger partial charge in [-0.05, 0) is 53.8 Å². The van der Waals surface area contributed by atoms with Gasteiger partial charge in [-0.1, -0.05) is 93.9 Å². The van der Waals surface area contributed by atoms with Crippen molar-refractivity contribution in [1.29, 1.82) is 0 Å². The maximum absolute atomic E-state index is 3.96. The topological polar surface area (TPSA) is 36.1 Å². The first-order valence-corrected chi connectivity index (χ1v) is 23.8. The molecule has 3 rings (SSSR count). The molecule has 34 heavy (non-hydrogen) atoms. The lowest BCUT2D eigenvalue weighted by atomic mass is 10.3. The summed E-state index contributed by atoms with van der Waals surface area (Å²) in [4.78, 5) is 11.9. The Morgan fingerprint density at radius 1 is 0.441 bits per heavy atom. The van der Waals surface area contributed by atoms with E-state index in [2.05, 4.69) is 145 Å². The molecule has 3 aromatic carbocycles. The molecule has 0 radical (unpaired) electrons. The van der Waals surface area contributed by atoms with E-state index in [9.17, 15) is 0 Å². The van der Waals surface area contributed by atoms with Gasteiger partial charge < -0.3 is 14.9 Å². The van der Waals surface area contributed by atoms with Gasteiger partial charge in [0, 0.05) is 17.1 Å². The summed E-state index contributed by atoms with van der Waals surface area (Å²) in [5.74, 6) is 4.03. The second-order valence-electron chi connectivity index (χ2n) is 11.3. The van der Waals surface area contributed by atoms with Crippen LogP contribution in [0.5, 0.6) is 0 Å². The second-order valence-corrected chi connectivity index (χ2v) is 28.5. The maximum Gasteiger partial charge on any atom is 0.151 e. The lowest BCUT2D eigenvalue weighted by molar-refractivity contribution is 1.50. The lowest BCUT2D eigenvalue weighted by Gasteiger charge is -2.38. The van der Waals surface area contributed by atoms with Crippen LogP contribution in [0.2, 0.25) is 39.3 Å². The number of hydrogen-bond acceptors (Lipinski definition) is 3. The number of rotatable bonds is 12. The van der Waals surface area contributed by atoms with E-state index in [1.54, 1.807) is 0 Å². The van der Waals surface area contributed by atoms with Gasteiger partial charge in [0.15, 0.2) is 24.7 Å². The predicted molar refractivity (Wildman–Crippen MR) is 164 cm³/mol. The van der Waals surface area contributed by atoms with E-state index in [4.69, 9.17) is 0 Å². The molecule has 3 aromatic rings. The number of anilines is 3. The monoisotopic (exact) mass is 523 g/mol. The van der Waals surface area contributed by atoms with E-state index in [1.165, 1.54) is 34.4 Å². The maximum atomic E-state index is 3.96. The molecule has 0 fully saturated rings. The van der Waals surface area contributed by atoms with Gasteiger partial charge in [0.1, 0.15) is 0 Å². The minimum absolute atomic E-state index is 0.116. The number of para-hydroxylation sites is 3. The van der Waals surface area contributed by atoms with Crippen LogP contribution in [0, 0.1) is 0 Å². The first-order chi connectivity index (χ1) is 16.0. The van der Waals surface area contributed by atoms with Crippen LogP contribution < -0.4 is 14.9 Å². The van der Waals surface area contributed by atoms with Gasteiger partial charge >= 0.3 is 0 Å². The van der Waals surface area contributed by atoms with Crippen molar-refractivity contribution in [2.75, 3.05) is 32.3 Å². The fourth-order valence-corrected chi connectivity index (χ4v) is 26.3. The second kappa shape index (κ2) is 11.7. The van der Waals surface area contributed by atoms with Crippen LogP contribution in [0.15, 0.2) is 91.0 Å². The van der Waals surface area contributed by atoms with Gasteiger partial charge in [-0.25, -0.2) is 0 Å². The third kappa shape index (κ3) is 9.41. The van der Waals surface area contributed by atoms with Gasteiger partial charge in [-0.3, -0.25) is 0 Å². The Morgan fingerprint density at radius 2 is 0.676 bits per heavy atom. The summed E-state index contributed by atoms with van der Waals surface area (Å²) >= 11 is 0. The summed E-state index contributed by atoms with van der Waals surface area (Å²) < 4.78 is 0. The van der Waals surface area contributed by atoms with E-state index in [-0.39, 0.29) is 7.92 Å². The normalized spacial score (nSPS) is 12.4. The van der Waals surface area contributed by atoms with Gasteiger partial charge in [-0.15, -0.1) is 7.92 Å². The van der Waals surface area contributed by atoms with Gasteiger partial charge in [0.05, 0.1) is 0 Å². The number of nitrogens with one attached hydrogen (secondary N) is 3. The molecule has 0 aliphatic heterocycles. The highest BCUT2D eigenvalue weighted by atomic mass is 31.1. The molecule has 0 aliphatic rings. The van der Waals surface area contributed by atoms with Crippen LogP contribution in [0.1, 0.15) is 0 Å². The zero-order valence-electron chi connectivity index (χ0n) is 21.7. The van der Waals surface area contributed by atoms with Crippen molar-refractivity contribution in [2.45, 2.75) is 39.3 Å². The van der Waals surface area contributed by atoms with Crippen molar-refractivity contribution in [3.8, 4) is 0 Å². The summed E-state index contributed by atoms with van der Waals surface area (Å²) in [6.07, 6.45) is 0. The highest BCUT2D eigenvalue weighted by Gasteiger charge is 2.35. The van der Waals surface area contributed by atoms with Crippen molar-refractivity contribution >= 4 is 49.7 Å². The Balaban J connectivity index is 1.76. The molecule has 3 nitrogen and oxygen atoms in total. The van der Waals surface area contributed by atoms with E-state index in [1.807, 2.05) is 0 Å². The zero-order valence-corrected chi connectivity index (χ0v) is 25.6. The highest BCUT2D eigenvalue weighted by Crippen LogP contribution is 2.43. The van der Waals surface area contributed by atoms with Crippen LogP contribution in [0.3, 0.4) is 0 Å². The highest BCUT2D eigenvalue weighted by molar-refractivity contribution is 7.65. The van der Waals surface area contributed by atoms with E-state index < -0.39 is 24.7 Å². The summed E-state index contributed by atoms with van der Waals surface area (Å²) in [7, 11) is -4.99. The van der Waals surface area contributed by atoms with Crippen LogP contribution in [0.25, 0.3) is 0 Å². The summed E-state index contributed by atoms with van der Waals surface area (Å²) in [5, 5.41) is 0. The molecular weight excluding hydrogens is 482 g/mol. The summed E-state index contributed by atoms with van der Waals surface area (Å²) in [6.45, 7) is 15.0. The average molecular weight is 524 g/mol. The molecule has 0 heterocycles.